The number of imide groups is 1. The lowest BCUT2D eigenvalue weighted by Crippen LogP contribution is -2.29. The van der Waals surface area contributed by atoms with Crippen molar-refractivity contribution in [2.45, 2.75) is 27.7 Å². The zero-order valence-corrected chi connectivity index (χ0v) is 16.2. The minimum Gasteiger partial charge on any atom is -0.454 e. The molecule has 0 unspecified atom stereocenters. The van der Waals surface area contributed by atoms with E-state index in [0.29, 0.717) is 5.69 Å². The summed E-state index contributed by atoms with van der Waals surface area (Å²) in [5, 5.41) is 0. The highest BCUT2D eigenvalue weighted by molar-refractivity contribution is 6.34. The Hall–Kier alpha value is -3.28. The summed E-state index contributed by atoms with van der Waals surface area (Å²) in [7, 11) is 0. The van der Waals surface area contributed by atoms with Crippen molar-refractivity contribution in [3.63, 3.8) is 0 Å². The van der Waals surface area contributed by atoms with Gasteiger partial charge in [-0.1, -0.05) is 38.5 Å². The number of esters is 1. The Bertz CT molecular complexity index is 983. The van der Waals surface area contributed by atoms with Crippen LogP contribution in [-0.4, -0.2) is 30.2 Å². The molecule has 2 aromatic rings. The number of carbonyl (C=O) groups is 4. The second kappa shape index (κ2) is 7.03. The van der Waals surface area contributed by atoms with E-state index in [1.165, 1.54) is 18.2 Å². The smallest absolute Gasteiger partial charge is 0.338 e. The number of fused-ring (bicyclic) bond motifs is 1. The Morgan fingerprint density at radius 3 is 2.14 bits per heavy atom. The van der Waals surface area contributed by atoms with Gasteiger partial charge in [0.1, 0.15) is 0 Å². The molecule has 0 fully saturated rings. The number of rotatable bonds is 4. The lowest BCUT2D eigenvalue weighted by molar-refractivity contribution is -0.129. The van der Waals surface area contributed by atoms with Gasteiger partial charge in [-0.05, 0) is 37.3 Å². The molecule has 0 saturated heterocycles. The molecule has 0 radical (unpaired) electrons. The molecule has 0 saturated carbocycles. The van der Waals surface area contributed by atoms with Crippen LogP contribution in [0.2, 0.25) is 0 Å². The van der Waals surface area contributed by atoms with Gasteiger partial charge >= 0.3 is 5.97 Å². The molecule has 0 spiro atoms. The van der Waals surface area contributed by atoms with E-state index in [4.69, 9.17) is 4.74 Å². The first-order valence-electron chi connectivity index (χ1n) is 8.89. The van der Waals surface area contributed by atoms with Crippen molar-refractivity contribution in [3.8, 4) is 0 Å². The fraction of sp³-hybridized carbons (Fsp3) is 0.273. The number of Topliss-reactive ketones (excluding diaryl/α,β-unsaturated/α-hetero) is 1. The Labute approximate surface area is 163 Å². The first-order chi connectivity index (χ1) is 13.1. The Balaban J connectivity index is 1.82. The molecule has 144 valence electrons. The Morgan fingerprint density at radius 2 is 1.54 bits per heavy atom. The van der Waals surface area contributed by atoms with Gasteiger partial charge in [-0.3, -0.25) is 14.4 Å². The minimum absolute atomic E-state index is 0.118. The van der Waals surface area contributed by atoms with Crippen LogP contribution in [0.4, 0.5) is 5.69 Å². The monoisotopic (exact) mass is 379 g/mol. The van der Waals surface area contributed by atoms with Crippen LogP contribution in [-0.2, 0) is 9.53 Å². The molecular formula is C22H21NO5. The number of anilines is 1. The van der Waals surface area contributed by atoms with Gasteiger partial charge < -0.3 is 4.74 Å². The first kappa shape index (κ1) is 19.5. The van der Waals surface area contributed by atoms with Gasteiger partial charge in [0, 0.05) is 5.41 Å². The molecule has 6 heteroatoms. The Kier molecular flexibility index (Phi) is 4.89. The lowest BCUT2D eigenvalue weighted by atomic mass is 9.91. The molecule has 1 aliphatic rings. The number of hydrogen-bond donors (Lipinski definition) is 0. The summed E-state index contributed by atoms with van der Waals surface area (Å²) < 4.78 is 5.06. The number of benzene rings is 2. The van der Waals surface area contributed by atoms with E-state index in [2.05, 4.69) is 0 Å². The quantitative estimate of drug-likeness (QED) is 0.599. The first-order valence-corrected chi connectivity index (χ1v) is 8.89. The zero-order valence-electron chi connectivity index (χ0n) is 16.2. The highest BCUT2D eigenvalue weighted by atomic mass is 16.5. The van der Waals surface area contributed by atoms with Gasteiger partial charge in [0.05, 0.1) is 22.4 Å². The number of hydrogen-bond acceptors (Lipinski definition) is 5. The van der Waals surface area contributed by atoms with Gasteiger partial charge in [-0.15, -0.1) is 0 Å². The average Bonchev–Trinajstić information content (AvgIpc) is 2.90. The third-order valence-corrected chi connectivity index (χ3v) is 4.59. The molecule has 28 heavy (non-hydrogen) atoms. The number of ether oxygens (including phenoxy) is 1. The lowest BCUT2D eigenvalue weighted by Gasteiger charge is -2.16. The van der Waals surface area contributed by atoms with E-state index in [0.717, 1.165) is 10.5 Å². The van der Waals surface area contributed by atoms with E-state index in [1.54, 1.807) is 32.9 Å². The van der Waals surface area contributed by atoms with Gasteiger partial charge in [0.15, 0.2) is 12.4 Å². The number of amides is 2. The van der Waals surface area contributed by atoms with Gasteiger partial charge in [0.2, 0.25) is 0 Å². The van der Waals surface area contributed by atoms with Crippen molar-refractivity contribution in [2.75, 3.05) is 11.5 Å². The molecular weight excluding hydrogens is 358 g/mol. The summed E-state index contributed by atoms with van der Waals surface area (Å²) in [6.07, 6.45) is 0. The summed E-state index contributed by atoms with van der Waals surface area (Å²) in [5.41, 5.74) is 1.35. The number of aryl methyl sites for hydroxylation is 1. The molecule has 0 atom stereocenters. The number of nitrogens with zero attached hydrogens (tertiary/aromatic N) is 1. The summed E-state index contributed by atoms with van der Waals surface area (Å²) in [4.78, 5) is 50.7. The van der Waals surface area contributed by atoms with E-state index in [9.17, 15) is 19.2 Å². The second-order valence-corrected chi connectivity index (χ2v) is 7.79. The van der Waals surface area contributed by atoms with E-state index >= 15 is 0 Å². The van der Waals surface area contributed by atoms with Crippen molar-refractivity contribution >= 4 is 29.3 Å². The maximum absolute atomic E-state index is 12.8. The SMILES string of the molecule is Cc1ccc(N2C(=O)c3ccc(C(=O)OCC(=O)C(C)(C)C)cc3C2=O)cc1. The summed E-state index contributed by atoms with van der Waals surface area (Å²) in [5.74, 6) is -1.86. The van der Waals surface area contributed by atoms with Crippen molar-refractivity contribution in [2.24, 2.45) is 5.41 Å². The molecule has 2 amide bonds. The van der Waals surface area contributed by atoms with Crippen LogP contribution in [0.5, 0.6) is 0 Å². The molecule has 3 rings (SSSR count). The van der Waals surface area contributed by atoms with Gasteiger partial charge in [0.25, 0.3) is 11.8 Å². The predicted molar refractivity (Wildman–Crippen MR) is 104 cm³/mol. The van der Waals surface area contributed by atoms with Gasteiger partial charge in [-0.2, -0.15) is 0 Å². The van der Waals surface area contributed by atoms with Gasteiger partial charge in [-0.25, -0.2) is 9.69 Å². The highest BCUT2D eigenvalue weighted by Gasteiger charge is 2.37. The normalized spacial score (nSPS) is 13.5. The molecule has 1 heterocycles. The van der Waals surface area contributed by atoms with E-state index in [1.807, 2.05) is 19.1 Å². The molecule has 0 aromatic heterocycles. The third kappa shape index (κ3) is 3.58. The van der Waals surface area contributed by atoms with E-state index in [-0.39, 0.29) is 29.1 Å². The van der Waals surface area contributed by atoms with Crippen molar-refractivity contribution in [1.82, 2.24) is 0 Å². The Morgan fingerprint density at radius 1 is 0.929 bits per heavy atom. The molecule has 6 nitrogen and oxygen atoms in total. The predicted octanol–water partition coefficient (Wildman–Crippen LogP) is 3.57. The summed E-state index contributed by atoms with van der Waals surface area (Å²) in [6, 6.07) is 11.2. The highest BCUT2D eigenvalue weighted by Crippen LogP contribution is 2.29. The van der Waals surface area contributed by atoms with Crippen LogP contribution in [0.15, 0.2) is 42.5 Å². The fourth-order valence-electron chi connectivity index (χ4n) is 2.73. The van der Waals surface area contributed by atoms with Crippen LogP contribution in [0.1, 0.15) is 57.4 Å². The van der Waals surface area contributed by atoms with E-state index < -0.39 is 23.2 Å². The van der Waals surface area contributed by atoms with Crippen LogP contribution in [0.25, 0.3) is 0 Å². The molecule has 0 N–H and O–H groups in total. The zero-order chi connectivity index (χ0) is 20.6. The summed E-state index contributed by atoms with van der Waals surface area (Å²) in [6.45, 7) is 6.78. The van der Waals surface area contributed by atoms with Crippen LogP contribution >= 0.6 is 0 Å². The van der Waals surface area contributed by atoms with Crippen LogP contribution in [0.3, 0.4) is 0 Å². The standard InChI is InChI=1S/C22H21NO5/c1-13-5-8-15(9-6-13)23-19(25)16-10-7-14(11-17(16)20(23)26)21(27)28-12-18(24)22(2,3)4/h5-11H,12H2,1-4H3. The summed E-state index contributed by atoms with van der Waals surface area (Å²) >= 11 is 0. The molecule has 0 aliphatic carbocycles. The van der Waals surface area contributed by atoms with Crippen molar-refractivity contribution in [3.05, 3.63) is 64.7 Å². The number of carbonyl (C=O) groups excluding carboxylic acids is 4. The fourth-order valence-corrected chi connectivity index (χ4v) is 2.73. The topological polar surface area (TPSA) is 80.8 Å². The molecule has 0 bridgehead atoms. The van der Waals surface area contributed by atoms with Crippen molar-refractivity contribution in [1.29, 1.82) is 0 Å². The number of ketones is 1. The maximum atomic E-state index is 12.8. The maximum Gasteiger partial charge on any atom is 0.338 e. The van der Waals surface area contributed by atoms with Crippen LogP contribution in [0, 0.1) is 12.3 Å². The molecule has 1 aliphatic heterocycles. The van der Waals surface area contributed by atoms with Crippen LogP contribution < -0.4 is 4.90 Å². The van der Waals surface area contributed by atoms with Crippen molar-refractivity contribution < 1.29 is 23.9 Å². The average molecular weight is 379 g/mol. The second-order valence-electron chi connectivity index (χ2n) is 7.79. The largest absolute Gasteiger partial charge is 0.454 e. The molecule has 2 aromatic carbocycles. The minimum atomic E-state index is -0.713. The third-order valence-electron chi connectivity index (χ3n) is 4.59.